The minimum atomic E-state index is -0.595. The van der Waals surface area contributed by atoms with Gasteiger partial charge in [-0.2, -0.15) is 0 Å². The number of H-pyrrole nitrogens is 2. The molecule has 6 heterocycles. The third kappa shape index (κ3) is 7.76. The van der Waals surface area contributed by atoms with Gasteiger partial charge in [-0.1, -0.05) is 30.2 Å². The predicted molar refractivity (Wildman–Crippen MR) is 245 cm³/mol. The minimum absolute atomic E-state index is 0.0409. The number of aromatic nitrogens is 2. The van der Waals surface area contributed by atoms with E-state index in [0.717, 1.165) is 67.5 Å². The number of allylic oxidation sites excluding steroid dienone is 1. The first-order valence-electron chi connectivity index (χ1n) is 22.0. The van der Waals surface area contributed by atoms with E-state index in [4.69, 9.17) is 16.3 Å². The molecule has 0 bridgehead atoms. The second-order valence-electron chi connectivity index (χ2n) is 17.6. The Morgan fingerprint density at radius 2 is 1.70 bits per heavy atom. The number of para-hydroxylation sites is 1. The average Bonchev–Trinajstić information content (AvgIpc) is 3.82. The molecule has 3 atom stereocenters. The highest BCUT2D eigenvalue weighted by molar-refractivity contribution is 7.10. The number of hydrogen-bond acceptors (Lipinski definition) is 8. The van der Waals surface area contributed by atoms with Crippen molar-refractivity contribution in [3.05, 3.63) is 117 Å². The highest BCUT2D eigenvalue weighted by Gasteiger charge is 2.64. The van der Waals surface area contributed by atoms with E-state index in [-0.39, 0.29) is 40.2 Å². The number of nitrogens with zero attached hydrogens (tertiary/aromatic N) is 3. The Hall–Kier alpha value is -6.25. The van der Waals surface area contributed by atoms with E-state index < -0.39 is 12.2 Å². The number of carbonyl (C=O) groups excluding carboxylic acids is 6. The number of imide groups is 1. The summed E-state index contributed by atoms with van der Waals surface area (Å²) in [6.45, 7) is 3.77. The lowest BCUT2D eigenvalue weighted by Crippen LogP contribution is -2.35. The molecule has 1 saturated carbocycles. The predicted octanol–water partition coefficient (Wildman–Crippen LogP) is 9.18. The number of benzene rings is 2. The van der Waals surface area contributed by atoms with Crippen LogP contribution in [0.5, 0.6) is 0 Å². The number of ether oxygens (including phenoxy) is 1. The van der Waals surface area contributed by atoms with E-state index in [1.807, 2.05) is 53.4 Å². The molecule has 13 nitrogen and oxygen atoms in total. The zero-order valence-corrected chi connectivity index (χ0v) is 36.9. The Balaban J connectivity index is 0.799. The van der Waals surface area contributed by atoms with Gasteiger partial charge in [0.25, 0.3) is 23.6 Å². The summed E-state index contributed by atoms with van der Waals surface area (Å²) in [5.74, 6) is -1.00. The van der Waals surface area contributed by atoms with Crippen LogP contribution in [0.4, 0.5) is 10.5 Å². The Morgan fingerprint density at radius 1 is 0.938 bits per heavy atom. The van der Waals surface area contributed by atoms with Crippen LogP contribution in [0.25, 0.3) is 27.4 Å². The number of hydrogen-bond donors (Lipinski definition) is 3. The Morgan fingerprint density at radius 3 is 2.50 bits per heavy atom. The lowest BCUT2D eigenvalue weighted by molar-refractivity contribution is -0.136. The number of anilines is 1. The molecule has 3 unspecified atom stereocenters. The van der Waals surface area contributed by atoms with E-state index in [9.17, 15) is 28.8 Å². The molecule has 3 aliphatic heterocycles. The van der Waals surface area contributed by atoms with Gasteiger partial charge in [-0.05, 0) is 104 Å². The van der Waals surface area contributed by atoms with Crippen molar-refractivity contribution in [3.63, 3.8) is 0 Å². The highest BCUT2D eigenvalue weighted by atomic mass is 35.5. The van der Waals surface area contributed by atoms with Gasteiger partial charge < -0.3 is 29.8 Å². The number of likely N-dealkylation sites (tertiary alicyclic amines) is 1. The number of alkyl halides is 1. The van der Waals surface area contributed by atoms with Crippen LogP contribution < -0.4 is 5.32 Å². The van der Waals surface area contributed by atoms with Gasteiger partial charge in [0, 0.05) is 101 Å². The van der Waals surface area contributed by atoms with Crippen LogP contribution in [-0.4, -0.2) is 91.7 Å². The number of fused-ring (bicyclic) bond motifs is 5. The Labute approximate surface area is 378 Å². The van der Waals surface area contributed by atoms with Crippen LogP contribution in [0.1, 0.15) is 101 Å². The quantitative estimate of drug-likeness (QED) is 0.0515. The van der Waals surface area contributed by atoms with E-state index in [1.54, 1.807) is 28.4 Å². The molecule has 1 saturated heterocycles. The number of aryl methyl sites for hydroxylation is 1. The van der Waals surface area contributed by atoms with Gasteiger partial charge in [-0.3, -0.25) is 28.9 Å². The number of unbranched alkanes of at least 4 members (excludes halogenated alkanes) is 2. The lowest BCUT2D eigenvalue weighted by Gasteiger charge is -2.30. The summed E-state index contributed by atoms with van der Waals surface area (Å²) in [6.07, 6.45) is 8.77. The first-order valence-corrected chi connectivity index (χ1v) is 23.3. The fraction of sp³-hybridized carbons (Fsp3) is 0.347. The smallest absolute Gasteiger partial charge is 0.410 e. The molecule has 10 rings (SSSR count). The van der Waals surface area contributed by atoms with Crippen LogP contribution in [0.15, 0.2) is 89.5 Å². The molecule has 1 spiro atoms. The topological polar surface area (TPSA) is 165 Å². The Kier molecular flexibility index (Phi) is 10.9. The highest BCUT2D eigenvalue weighted by Crippen LogP contribution is 2.67. The zero-order valence-electron chi connectivity index (χ0n) is 35.3. The summed E-state index contributed by atoms with van der Waals surface area (Å²) in [5.41, 5.74) is 7.73. The van der Waals surface area contributed by atoms with Crippen molar-refractivity contribution in [3.8, 4) is 0 Å². The summed E-state index contributed by atoms with van der Waals surface area (Å²) in [7, 11) is 0. The Bertz CT molecular complexity index is 2830. The first kappa shape index (κ1) is 41.7. The SMILES string of the molecule is Cc1csc2c1C1=C(CC2OC(=O)N2CCC/C(=C/C(=O)CCCCCN3C(=O)C=CC3=O)CC2)N(C(=O)c2cc3cc(NC(=O)c4cc5ccccc5[nH]4)ccc3[nH]2)CC12CC2Cl. The van der Waals surface area contributed by atoms with Crippen molar-refractivity contribution in [2.75, 3.05) is 31.5 Å². The van der Waals surface area contributed by atoms with Gasteiger partial charge in [0.05, 0.1) is 4.88 Å². The van der Waals surface area contributed by atoms with Crippen molar-refractivity contribution in [1.82, 2.24) is 24.7 Å². The number of halogens is 1. The van der Waals surface area contributed by atoms with Crippen molar-refractivity contribution in [2.24, 2.45) is 5.41 Å². The second-order valence-corrected chi connectivity index (χ2v) is 19.0. The summed E-state index contributed by atoms with van der Waals surface area (Å²) in [5, 5.41) is 6.65. The van der Waals surface area contributed by atoms with Crippen LogP contribution in [0.3, 0.4) is 0 Å². The largest absolute Gasteiger partial charge is 0.440 e. The van der Waals surface area contributed by atoms with Gasteiger partial charge in [-0.15, -0.1) is 22.9 Å². The van der Waals surface area contributed by atoms with Crippen molar-refractivity contribution >= 4 is 91.5 Å². The fourth-order valence-electron chi connectivity index (χ4n) is 9.84. The fourth-order valence-corrected chi connectivity index (χ4v) is 11.4. The molecule has 3 N–H and O–H groups in total. The van der Waals surface area contributed by atoms with Crippen LogP contribution in [-0.2, 0) is 19.1 Å². The molecule has 5 aliphatic rings. The summed E-state index contributed by atoms with van der Waals surface area (Å²) < 4.78 is 6.38. The zero-order chi connectivity index (χ0) is 44.3. The van der Waals surface area contributed by atoms with Crippen LogP contribution >= 0.6 is 22.9 Å². The molecular weight excluding hydrogens is 852 g/mol. The molecule has 5 amide bonds. The van der Waals surface area contributed by atoms with Crippen LogP contribution in [0.2, 0.25) is 0 Å². The number of amides is 5. The van der Waals surface area contributed by atoms with E-state index in [2.05, 4.69) is 27.6 Å². The molecule has 328 valence electrons. The molecular formula is C49H47ClN6O7S. The lowest BCUT2D eigenvalue weighted by atomic mass is 9.83. The maximum absolute atomic E-state index is 14.6. The summed E-state index contributed by atoms with van der Waals surface area (Å²) in [6, 6.07) is 16.8. The summed E-state index contributed by atoms with van der Waals surface area (Å²) in [4.78, 5) is 90.4. The molecule has 0 radical (unpaired) electrons. The minimum Gasteiger partial charge on any atom is -0.440 e. The molecule has 2 aliphatic carbocycles. The maximum atomic E-state index is 14.6. The molecule has 2 fully saturated rings. The van der Waals surface area contributed by atoms with E-state index in [0.29, 0.717) is 88.2 Å². The maximum Gasteiger partial charge on any atom is 0.410 e. The number of rotatable bonds is 11. The molecule has 64 heavy (non-hydrogen) atoms. The van der Waals surface area contributed by atoms with Gasteiger partial charge in [0.1, 0.15) is 17.5 Å². The number of nitrogens with one attached hydrogen (secondary N) is 3. The molecule has 3 aromatic heterocycles. The van der Waals surface area contributed by atoms with Gasteiger partial charge in [-0.25, -0.2) is 4.79 Å². The number of ketones is 1. The standard InChI is InChI=1S/C49H47ClN6O7S/c1-28-26-64-45-39(63-48(62)54-17-7-8-29(16-19-54)20-33(57)10-3-2-6-18-55-41(58)14-15-42(55)59)24-38-44(43(28)45)49(25-40(49)50)27-56(38)47(61)37-23-31-21-32(12-13-35(31)53-37)51-46(60)36-22-30-9-4-5-11-34(30)52-36/h4-5,9,11-15,20-23,26,39-40,52-53H,2-3,6-8,10,16-19,24-25,27H2,1H3,(H,51,60)/b29-20-. The normalized spacial score (nSPS) is 22.2. The third-order valence-corrected chi connectivity index (χ3v) is 15.1. The van der Waals surface area contributed by atoms with Gasteiger partial charge >= 0.3 is 6.09 Å². The second kappa shape index (κ2) is 16.7. The van der Waals surface area contributed by atoms with Crippen molar-refractivity contribution < 1.29 is 33.5 Å². The summed E-state index contributed by atoms with van der Waals surface area (Å²) >= 11 is 8.53. The van der Waals surface area contributed by atoms with Crippen LogP contribution in [0, 0.1) is 12.3 Å². The van der Waals surface area contributed by atoms with Crippen molar-refractivity contribution in [1.29, 1.82) is 0 Å². The molecule has 15 heteroatoms. The molecule has 5 aromatic rings. The van der Waals surface area contributed by atoms with Gasteiger partial charge in [0.2, 0.25) is 0 Å². The number of thiophene rings is 1. The third-order valence-electron chi connectivity index (χ3n) is 13.3. The first-order chi connectivity index (χ1) is 31.0. The average molecular weight is 899 g/mol. The van der Waals surface area contributed by atoms with E-state index >= 15 is 0 Å². The van der Waals surface area contributed by atoms with E-state index in [1.165, 1.54) is 17.1 Å². The van der Waals surface area contributed by atoms with Gasteiger partial charge in [0.15, 0.2) is 5.78 Å². The number of aromatic amines is 2. The molecule has 2 aromatic carbocycles. The number of carbonyl (C=O) groups is 6. The van der Waals surface area contributed by atoms with Crippen molar-refractivity contribution in [2.45, 2.75) is 76.2 Å². The monoisotopic (exact) mass is 898 g/mol.